The Morgan fingerprint density at radius 1 is 0.800 bits per heavy atom. The van der Waals surface area contributed by atoms with Crippen LogP contribution in [-0.2, 0) is 0 Å². The van der Waals surface area contributed by atoms with Gasteiger partial charge in [-0.1, -0.05) is 30.3 Å². The van der Waals surface area contributed by atoms with E-state index in [1.807, 2.05) is 48.5 Å². The van der Waals surface area contributed by atoms with Gasteiger partial charge in [0.15, 0.2) is 0 Å². The van der Waals surface area contributed by atoms with Gasteiger partial charge in [0.1, 0.15) is 0 Å². The van der Waals surface area contributed by atoms with E-state index in [1.165, 1.54) is 0 Å². The highest BCUT2D eigenvalue weighted by atomic mass is 14.7. The Morgan fingerprint density at radius 3 is 2.53 bits per heavy atom. The zero-order valence-corrected chi connectivity index (χ0v) is 8.12. The van der Waals surface area contributed by atoms with Crippen LogP contribution in [0.25, 0.3) is 21.8 Å². The first kappa shape index (κ1) is 8.24. The van der Waals surface area contributed by atoms with Gasteiger partial charge in [-0.15, -0.1) is 0 Å². The van der Waals surface area contributed by atoms with Gasteiger partial charge in [-0.3, -0.25) is 0 Å². The van der Waals surface area contributed by atoms with Crippen molar-refractivity contribution in [3.63, 3.8) is 0 Å². The summed E-state index contributed by atoms with van der Waals surface area (Å²) in [5, 5.41) is 10.6. The number of aromatic nitrogens is 1. The van der Waals surface area contributed by atoms with Crippen molar-refractivity contribution in [2.24, 2.45) is 0 Å². The maximum Gasteiger partial charge on any atom is 0.0639 e. The van der Waals surface area contributed by atoms with Gasteiger partial charge in [-0.25, -0.2) is 0 Å². The summed E-state index contributed by atoms with van der Waals surface area (Å²) in [5.41, 5.74) is 2.11. The number of fused-ring (bicyclic) bond motifs is 3. The molecule has 0 aliphatic rings. The Balaban J connectivity index is 2.70. The molecule has 0 atom stereocenters. The third-order valence-corrected chi connectivity index (χ3v) is 2.64. The summed E-state index contributed by atoms with van der Waals surface area (Å²) in [4.78, 5) is 3.32. The van der Waals surface area contributed by atoms with Crippen LogP contribution < -0.4 is 5.36 Å². The van der Waals surface area contributed by atoms with Crippen molar-refractivity contribution < 1.29 is 0 Å². The Hall–Kier alpha value is -2.09. The molecule has 1 aromatic heterocycles. The SMILES string of the molecule is N=c1cccc2[nH]c3cccccc3c12. The van der Waals surface area contributed by atoms with Crippen molar-refractivity contribution in [3.05, 3.63) is 53.9 Å². The van der Waals surface area contributed by atoms with Crippen molar-refractivity contribution >= 4 is 21.8 Å². The largest absolute Gasteiger partial charge is 0.354 e. The van der Waals surface area contributed by atoms with E-state index in [0.717, 1.165) is 21.8 Å². The van der Waals surface area contributed by atoms with E-state index < -0.39 is 0 Å². The maximum atomic E-state index is 7.90. The topological polar surface area (TPSA) is 39.6 Å². The molecule has 2 heteroatoms. The minimum atomic E-state index is 0.574. The van der Waals surface area contributed by atoms with Gasteiger partial charge in [0.25, 0.3) is 0 Å². The van der Waals surface area contributed by atoms with Crippen LogP contribution in [-0.4, -0.2) is 4.98 Å². The highest BCUT2D eigenvalue weighted by Gasteiger charge is 2.02. The van der Waals surface area contributed by atoms with Crippen molar-refractivity contribution in [1.29, 1.82) is 5.41 Å². The van der Waals surface area contributed by atoms with Crippen LogP contribution in [0.3, 0.4) is 0 Å². The van der Waals surface area contributed by atoms with E-state index in [1.54, 1.807) is 0 Å². The van der Waals surface area contributed by atoms with Crippen molar-refractivity contribution in [2.75, 3.05) is 0 Å². The third kappa shape index (κ3) is 1.15. The van der Waals surface area contributed by atoms with Crippen LogP contribution in [0.4, 0.5) is 0 Å². The van der Waals surface area contributed by atoms with E-state index in [-0.39, 0.29) is 0 Å². The molecule has 3 rings (SSSR count). The maximum absolute atomic E-state index is 7.90. The van der Waals surface area contributed by atoms with E-state index >= 15 is 0 Å². The number of benzene rings is 1. The van der Waals surface area contributed by atoms with Gasteiger partial charge in [-0.05, 0) is 18.2 Å². The molecule has 0 saturated carbocycles. The average molecular weight is 194 g/mol. The molecule has 2 aromatic carbocycles. The van der Waals surface area contributed by atoms with Gasteiger partial charge >= 0.3 is 0 Å². The molecule has 0 aliphatic heterocycles. The number of aromatic amines is 1. The molecule has 0 spiro atoms. The number of hydrogen-bond donors (Lipinski definition) is 2. The van der Waals surface area contributed by atoms with Gasteiger partial charge in [0.05, 0.1) is 5.36 Å². The molecule has 2 nitrogen and oxygen atoms in total. The van der Waals surface area contributed by atoms with Crippen LogP contribution in [0.2, 0.25) is 0 Å². The number of H-pyrrole nitrogens is 1. The lowest BCUT2D eigenvalue weighted by molar-refractivity contribution is 1.31. The van der Waals surface area contributed by atoms with Crippen molar-refractivity contribution in [1.82, 2.24) is 4.98 Å². The minimum Gasteiger partial charge on any atom is -0.354 e. The summed E-state index contributed by atoms with van der Waals surface area (Å²) in [6.07, 6.45) is 0. The molecule has 15 heavy (non-hydrogen) atoms. The van der Waals surface area contributed by atoms with Gasteiger partial charge < -0.3 is 10.4 Å². The molecule has 0 radical (unpaired) electrons. The number of rotatable bonds is 0. The smallest absolute Gasteiger partial charge is 0.0639 e. The zero-order chi connectivity index (χ0) is 10.3. The standard InChI is InChI=1S/C13H10N2/c14-10-6-4-8-12-13(10)9-5-2-1-3-7-11(9)15-12/h1-8,14-15H. The predicted octanol–water partition coefficient (Wildman–Crippen LogP) is 2.80. The quantitative estimate of drug-likeness (QED) is 0.552. The molecule has 1 heterocycles. The first-order chi connectivity index (χ1) is 7.36. The summed E-state index contributed by atoms with van der Waals surface area (Å²) in [5.74, 6) is 0. The first-order valence-corrected chi connectivity index (χ1v) is 4.90. The number of nitrogens with one attached hydrogen (secondary N) is 2. The molecule has 0 amide bonds. The second kappa shape index (κ2) is 2.95. The molecule has 0 bridgehead atoms. The Kier molecular flexibility index (Phi) is 1.62. The van der Waals surface area contributed by atoms with Gasteiger partial charge in [0.2, 0.25) is 0 Å². The van der Waals surface area contributed by atoms with E-state index in [4.69, 9.17) is 5.41 Å². The average Bonchev–Trinajstić information content (AvgIpc) is 2.43. The zero-order valence-electron chi connectivity index (χ0n) is 8.12. The van der Waals surface area contributed by atoms with Gasteiger partial charge in [-0.2, -0.15) is 0 Å². The normalized spacial score (nSPS) is 10.9. The fourth-order valence-corrected chi connectivity index (χ4v) is 1.97. The van der Waals surface area contributed by atoms with Crippen LogP contribution in [0.1, 0.15) is 0 Å². The Morgan fingerprint density at radius 2 is 1.60 bits per heavy atom. The van der Waals surface area contributed by atoms with Crippen molar-refractivity contribution in [3.8, 4) is 0 Å². The molecule has 72 valence electrons. The fourth-order valence-electron chi connectivity index (χ4n) is 1.97. The predicted molar refractivity (Wildman–Crippen MR) is 61.7 cm³/mol. The molecule has 0 aliphatic carbocycles. The molecule has 0 fully saturated rings. The summed E-state index contributed by atoms with van der Waals surface area (Å²) in [7, 11) is 0. The Labute approximate surface area is 86.7 Å². The third-order valence-electron chi connectivity index (χ3n) is 2.64. The number of hydrogen-bond acceptors (Lipinski definition) is 1. The molecule has 0 saturated heterocycles. The van der Waals surface area contributed by atoms with Crippen LogP contribution in [0.15, 0.2) is 48.5 Å². The van der Waals surface area contributed by atoms with Gasteiger partial charge in [0, 0.05) is 21.8 Å². The van der Waals surface area contributed by atoms with Crippen molar-refractivity contribution in [2.45, 2.75) is 0 Å². The van der Waals surface area contributed by atoms with E-state index in [0.29, 0.717) is 5.36 Å². The van der Waals surface area contributed by atoms with Crippen LogP contribution >= 0.6 is 0 Å². The lowest BCUT2D eigenvalue weighted by Gasteiger charge is -1.87. The molecular weight excluding hydrogens is 184 g/mol. The lowest BCUT2D eigenvalue weighted by atomic mass is 10.2. The fraction of sp³-hybridized carbons (Fsp3) is 0. The van der Waals surface area contributed by atoms with Crippen LogP contribution in [0.5, 0.6) is 0 Å². The second-order valence-corrected chi connectivity index (χ2v) is 3.59. The summed E-state index contributed by atoms with van der Waals surface area (Å²) in [6, 6.07) is 15.8. The minimum absolute atomic E-state index is 0.574. The first-order valence-electron chi connectivity index (χ1n) is 4.90. The van der Waals surface area contributed by atoms with E-state index in [9.17, 15) is 0 Å². The van der Waals surface area contributed by atoms with Crippen LogP contribution in [0, 0.1) is 5.41 Å². The molecular formula is C13H10N2. The van der Waals surface area contributed by atoms with E-state index in [2.05, 4.69) is 4.98 Å². The second-order valence-electron chi connectivity index (χ2n) is 3.59. The molecule has 0 unspecified atom stereocenters. The summed E-state index contributed by atoms with van der Waals surface area (Å²) in [6.45, 7) is 0. The Bertz CT molecular complexity index is 695. The monoisotopic (exact) mass is 194 g/mol. The molecule has 2 N–H and O–H groups in total. The lowest BCUT2D eigenvalue weighted by Crippen LogP contribution is -1.96. The highest BCUT2D eigenvalue weighted by molar-refractivity contribution is 6.06. The summed E-state index contributed by atoms with van der Waals surface area (Å²) < 4.78 is 0. The molecule has 3 aromatic rings. The highest BCUT2D eigenvalue weighted by Crippen LogP contribution is 2.20. The summed E-state index contributed by atoms with van der Waals surface area (Å²) >= 11 is 0.